The molecule has 9 heteroatoms. The molecule has 0 unspecified atom stereocenters. The Morgan fingerprint density at radius 1 is 1.03 bits per heavy atom. The maximum atomic E-state index is 10.6. The van der Waals surface area contributed by atoms with Crippen molar-refractivity contribution in [2.75, 3.05) is 37.6 Å². The molecule has 0 saturated carbocycles. The van der Waals surface area contributed by atoms with Gasteiger partial charge in [0.1, 0.15) is 0 Å². The number of aromatic nitrogens is 2. The Morgan fingerprint density at radius 3 is 2.19 bits per heavy atom. The first-order valence-electron chi connectivity index (χ1n) is 10.0. The van der Waals surface area contributed by atoms with E-state index in [1.165, 1.54) is 16.6 Å². The Hall–Kier alpha value is -3.07. The predicted octanol–water partition coefficient (Wildman–Crippen LogP) is 4.11. The molecular formula is C22H25F3N4O2. The number of carbonyl (C=O) groups is 1. The largest absolute Gasteiger partial charge is 0.490 e. The van der Waals surface area contributed by atoms with Crippen LogP contribution in [0.3, 0.4) is 0 Å². The third kappa shape index (κ3) is 5.35. The number of aryl methyl sites for hydroxylation is 1. The predicted molar refractivity (Wildman–Crippen MR) is 114 cm³/mol. The number of anilines is 1. The van der Waals surface area contributed by atoms with Gasteiger partial charge in [-0.2, -0.15) is 18.3 Å². The molecule has 1 saturated heterocycles. The maximum Gasteiger partial charge on any atom is 0.490 e. The van der Waals surface area contributed by atoms with Crippen molar-refractivity contribution in [3.05, 3.63) is 54.2 Å². The third-order valence-electron chi connectivity index (χ3n) is 5.28. The first-order valence-corrected chi connectivity index (χ1v) is 10.0. The lowest BCUT2D eigenvalue weighted by molar-refractivity contribution is -0.192. The number of carboxylic acid groups (broad SMARTS) is 1. The van der Waals surface area contributed by atoms with E-state index < -0.39 is 12.1 Å². The van der Waals surface area contributed by atoms with Crippen LogP contribution in [0.15, 0.2) is 48.5 Å². The number of piperazine rings is 1. The van der Waals surface area contributed by atoms with Gasteiger partial charge >= 0.3 is 12.1 Å². The highest BCUT2D eigenvalue weighted by Crippen LogP contribution is 2.27. The Kier molecular flexibility index (Phi) is 6.84. The maximum absolute atomic E-state index is 10.6. The molecule has 2 heterocycles. The van der Waals surface area contributed by atoms with Gasteiger partial charge in [0, 0.05) is 37.3 Å². The van der Waals surface area contributed by atoms with Crippen LogP contribution in [0.1, 0.15) is 12.6 Å². The summed E-state index contributed by atoms with van der Waals surface area (Å²) in [5.74, 6) is -2.76. The molecule has 0 spiro atoms. The van der Waals surface area contributed by atoms with Crippen LogP contribution in [0.4, 0.5) is 18.9 Å². The van der Waals surface area contributed by atoms with Gasteiger partial charge < -0.3 is 14.9 Å². The highest BCUT2D eigenvalue weighted by molar-refractivity contribution is 5.86. The van der Waals surface area contributed by atoms with E-state index >= 15 is 0 Å². The lowest BCUT2D eigenvalue weighted by atomic mass is 10.1. The van der Waals surface area contributed by atoms with Crippen LogP contribution in [0.2, 0.25) is 0 Å². The summed E-state index contributed by atoms with van der Waals surface area (Å²) in [6.45, 7) is 9.95. The second kappa shape index (κ2) is 9.38. The van der Waals surface area contributed by atoms with E-state index in [2.05, 4.69) is 70.8 Å². The SMILES string of the molecule is CCN1CCN(c2ccc3c(C)nn(-c4ccccc4)c3c2)CC1.O=C(O)C(F)(F)F. The van der Waals surface area contributed by atoms with Crippen LogP contribution in [-0.2, 0) is 4.79 Å². The minimum Gasteiger partial charge on any atom is -0.475 e. The number of para-hydroxylation sites is 1. The summed E-state index contributed by atoms with van der Waals surface area (Å²) in [5, 5.41) is 13.1. The summed E-state index contributed by atoms with van der Waals surface area (Å²) in [7, 11) is 0. The average Bonchev–Trinajstić information content (AvgIpc) is 3.10. The Labute approximate surface area is 178 Å². The first kappa shape index (κ1) is 22.6. The molecule has 2 aromatic carbocycles. The molecule has 6 nitrogen and oxygen atoms in total. The van der Waals surface area contributed by atoms with E-state index in [0.717, 1.165) is 44.1 Å². The monoisotopic (exact) mass is 434 g/mol. The fraction of sp³-hybridized carbons (Fsp3) is 0.364. The van der Waals surface area contributed by atoms with Gasteiger partial charge in [-0.3, -0.25) is 0 Å². The molecular weight excluding hydrogens is 409 g/mol. The standard InChI is InChI=1S/C20H24N4.C2HF3O2/c1-3-22-11-13-23(14-12-22)18-9-10-19-16(2)21-24(20(19)15-18)17-7-5-4-6-8-17;3-2(4,5)1(6)7/h4-10,15H,3,11-14H2,1-2H3;(H,6,7). The summed E-state index contributed by atoms with van der Waals surface area (Å²) >= 11 is 0. The van der Waals surface area contributed by atoms with E-state index in [-0.39, 0.29) is 0 Å². The Bertz CT molecular complexity index is 1030. The smallest absolute Gasteiger partial charge is 0.475 e. The number of fused-ring (bicyclic) bond motifs is 1. The summed E-state index contributed by atoms with van der Waals surface area (Å²) in [5.41, 5.74) is 4.68. The van der Waals surface area contributed by atoms with Crippen molar-refractivity contribution in [1.82, 2.24) is 14.7 Å². The number of aliphatic carboxylic acids is 1. The van der Waals surface area contributed by atoms with E-state index in [0.29, 0.717) is 0 Å². The van der Waals surface area contributed by atoms with E-state index in [9.17, 15) is 13.2 Å². The van der Waals surface area contributed by atoms with Crippen LogP contribution in [0.5, 0.6) is 0 Å². The highest BCUT2D eigenvalue weighted by Gasteiger charge is 2.38. The lowest BCUT2D eigenvalue weighted by Crippen LogP contribution is -2.46. The van der Waals surface area contributed by atoms with Gasteiger partial charge in [-0.15, -0.1) is 0 Å². The van der Waals surface area contributed by atoms with Gasteiger partial charge in [-0.25, -0.2) is 9.48 Å². The number of hydrogen-bond acceptors (Lipinski definition) is 4. The number of benzene rings is 2. The molecule has 0 aliphatic carbocycles. The van der Waals surface area contributed by atoms with Crippen molar-refractivity contribution in [3.63, 3.8) is 0 Å². The van der Waals surface area contributed by atoms with Crippen LogP contribution in [0.25, 0.3) is 16.6 Å². The fourth-order valence-corrected chi connectivity index (χ4v) is 3.54. The second-order valence-electron chi connectivity index (χ2n) is 7.26. The van der Waals surface area contributed by atoms with Crippen LogP contribution < -0.4 is 4.90 Å². The molecule has 3 aromatic rings. The molecule has 1 N–H and O–H groups in total. The third-order valence-corrected chi connectivity index (χ3v) is 5.28. The first-order chi connectivity index (χ1) is 14.7. The zero-order chi connectivity index (χ0) is 22.6. The van der Waals surface area contributed by atoms with E-state index in [1.54, 1.807) is 0 Å². The molecule has 0 bridgehead atoms. The van der Waals surface area contributed by atoms with Crippen LogP contribution in [0, 0.1) is 6.92 Å². The number of halogens is 3. The zero-order valence-corrected chi connectivity index (χ0v) is 17.4. The van der Waals surface area contributed by atoms with Crippen molar-refractivity contribution in [2.24, 2.45) is 0 Å². The van der Waals surface area contributed by atoms with Gasteiger partial charge in [0.05, 0.1) is 16.9 Å². The number of likely N-dealkylation sites (N-methyl/N-ethyl adjacent to an activating group) is 1. The van der Waals surface area contributed by atoms with E-state index in [4.69, 9.17) is 15.0 Å². The van der Waals surface area contributed by atoms with Gasteiger partial charge in [0.2, 0.25) is 0 Å². The van der Waals surface area contributed by atoms with Crippen molar-refractivity contribution < 1.29 is 23.1 Å². The number of carboxylic acids is 1. The topological polar surface area (TPSA) is 61.6 Å². The quantitative estimate of drug-likeness (QED) is 0.672. The average molecular weight is 434 g/mol. The molecule has 0 atom stereocenters. The lowest BCUT2D eigenvalue weighted by Gasteiger charge is -2.35. The van der Waals surface area contributed by atoms with Gasteiger partial charge in [0.15, 0.2) is 0 Å². The summed E-state index contributed by atoms with van der Waals surface area (Å²) < 4.78 is 33.8. The summed E-state index contributed by atoms with van der Waals surface area (Å²) in [6, 6.07) is 17.1. The minimum atomic E-state index is -5.08. The zero-order valence-electron chi connectivity index (χ0n) is 17.4. The molecule has 1 fully saturated rings. The molecule has 0 radical (unpaired) electrons. The number of rotatable bonds is 3. The van der Waals surface area contributed by atoms with E-state index in [1.807, 2.05) is 6.07 Å². The Morgan fingerprint density at radius 2 is 1.65 bits per heavy atom. The Balaban J connectivity index is 0.000000339. The van der Waals surface area contributed by atoms with Crippen molar-refractivity contribution in [2.45, 2.75) is 20.0 Å². The summed E-state index contributed by atoms with van der Waals surface area (Å²) in [6.07, 6.45) is -5.08. The van der Waals surface area contributed by atoms with Crippen molar-refractivity contribution >= 4 is 22.6 Å². The van der Waals surface area contributed by atoms with Gasteiger partial charge in [-0.1, -0.05) is 25.1 Å². The molecule has 31 heavy (non-hydrogen) atoms. The molecule has 0 amide bonds. The normalized spacial score (nSPS) is 14.9. The number of alkyl halides is 3. The second-order valence-corrected chi connectivity index (χ2v) is 7.26. The molecule has 1 aliphatic rings. The van der Waals surface area contributed by atoms with Gasteiger partial charge in [-0.05, 0) is 43.8 Å². The van der Waals surface area contributed by atoms with Crippen LogP contribution >= 0.6 is 0 Å². The minimum absolute atomic E-state index is 1.08. The summed E-state index contributed by atoms with van der Waals surface area (Å²) in [4.78, 5) is 13.9. The molecule has 1 aromatic heterocycles. The molecule has 1 aliphatic heterocycles. The fourth-order valence-electron chi connectivity index (χ4n) is 3.54. The van der Waals surface area contributed by atoms with Crippen molar-refractivity contribution in [3.8, 4) is 5.69 Å². The number of nitrogens with zero attached hydrogens (tertiary/aromatic N) is 4. The number of hydrogen-bond donors (Lipinski definition) is 1. The molecule has 166 valence electrons. The van der Waals surface area contributed by atoms with Gasteiger partial charge in [0.25, 0.3) is 0 Å². The highest BCUT2D eigenvalue weighted by atomic mass is 19.4. The van der Waals surface area contributed by atoms with Crippen molar-refractivity contribution in [1.29, 1.82) is 0 Å². The molecule has 4 rings (SSSR count). The van der Waals surface area contributed by atoms with Crippen LogP contribution in [-0.4, -0.2) is 64.7 Å².